The summed E-state index contributed by atoms with van der Waals surface area (Å²) < 4.78 is 10.9. The Morgan fingerprint density at radius 1 is 0.872 bits per heavy atom. The second kappa shape index (κ2) is 13.8. The van der Waals surface area contributed by atoms with Gasteiger partial charge in [-0.3, -0.25) is 14.9 Å². The molecule has 0 N–H and O–H groups in total. The number of hydrogen-bond acceptors (Lipinski definition) is 10. The summed E-state index contributed by atoms with van der Waals surface area (Å²) in [6, 6.07) is 16.6. The molecule has 0 aliphatic carbocycles. The molecule has 204 valence electrons. The van der Waals surface area contributed by atoms with Crippen molar-refractivity contribution in [1.82, 2.24) is 0 Å². The Hall–Kier alpha value is -4.67. The van der Waals surface area contributed by atoms with Gasteiger partial charge in [0.05, 0.1) is 30.5 Å². The van der Waals surface area contributed by atoms with E-state index in [1.807, 2.05) is 45.2 Å². The van der Waals surface area contributed by atoms with Gasteiger partial charge >= 0.3 is 0 Å². The standard InChI is InChI=1S/C28H32N6O5/c1-19(2)26(35)7-6-16-33(3)22-12-8-20(9-13-22)29-31-24-17-28(39-5)25(18-27(24)38-4)32-30-21-10-14-23(15-11-21)34(36)37/h8-15,17-19H,6-7,16H2,1-5H3/b31-29+,32-30+. The number of ether oxygens (including phenoxy) is 2. The Bertz CT molecular complexity index is 1340. The van der Waals surface area contributed by atoms with E-state index in [1.54, 1.807) is 12.1 Å². The lowest BCUT2D eigenvalue weighted by molar-refractivity contribution is -0.384. The van der Waals surface area contributed by atoms with Gasteiger partial charge in [0.2, 0.25) is 0 Å². The summed E-state index contributed by atoms with van der Waals surface area (Å²) in [6.07, 6.45) is 1.39. The molecule has 3 aromatic rings. The predicted molar refractivity (Wildman–Crippen MR) is 150 cm³/mol. The van der Waals surface area contributed by atoms with Crippen molar-refractivity contribution in [2.45, 2.75) is 26.7 Å². The van der Waals surface area contributed by atoms with Crippen molar-refractivity contribution in [1.29, 1.82) is 0 Å². The van der Waals surface area contributed by atoms with Crippen LogP contribution in [0.2, 0.25) is 0 Å². The maximum absolute atomic E-state index is 11.8. The van der Waals surface area contributed by atoms with Gasteiger partial charge in [-0.25, -0.2) is 0 Å². The van der Waals surface area contributed by atoms with Crippen LogP contribution < -0.4 is 14.4 Å². The van der Waals surface area contributed by atoms with Crippen molar-refractivity contribution >= 4 is 39.9 Å². The van der Waals surface area contributed by atoms with E-state index < -0.39 is 4.92 Å². The molecule has 0 spiro atoms. The van der Waals surface area contributed by atoms with Gasteiger partial charge in [0.15, 0.2) is 0 Å². The Morgan fingerprint density at radius 2 is 1.36 bits per heavy atom. The number of benzene rings is 3. The summed E-state index contributed by atoms with van der Waals surface area (Å²) in [5.74, 6) is 1.18. The number of anilines is 1. The lowest BCUT2D eigenvalue weighted by Gasteiger charge is -2.19. The number of carbonyl (C=O) groups is 1. The molecule has 0 heterocycles. The number of ketones is 1. The number of azo groups is 2. The highest BCUT2D eigenvalue weighted by Gasteiger charge is 2.12. The number of non-ortho nitro benzene ring substituents is 1. The first-order valence-corrected chi connectivity index (χ1v) is 12.4. The van der Waals surface area contributed by atoms with E-state index >= 15 is 0 Å². The van der Waals surface area contributed by atoms with E-state index in [9.17, 15) is 14.9 Å². The smallest absolute Gasteiger partial charge is 0.269 e. The molecule has 3 rings (SSSR count). The van der Waals surface area contributed by atoms with Crippen molar-refractivity contribution in [3.63, 3.8) is 0 Å². The maximum atomic E-state index is 11.8. The van der Waals surface area contributed by atoms with E-state index in [0.717, 1.165) is 18.7 Å². The fourth-order valence-corrected chi connectivity index (χ4v) is 3.57. The molecule has 0 atom stereocenters. The Morgan fingerprint density at radius 3 is 1.79 bits per heavy atom. The summed E-state index contributed by atoms with van der Waals surface area (Å²) in [5.41, 5.74) is 2.94. The minimum absolute atomic E-state index is 0.0284. The van der Waals surface area contributed by atoms with Gasteiger partial charge in [-0.15, -0.1) is 10.2 Å². The molecule has 0 aliphatic heterocycles. The third-order valence-corrected chi connectivity index (χ3v) is 5.94. The van der Waals surface area contributed by atoms with E-state index in [0.29, 0.717) is 40.7 Å². The number of nitro groups is 1. The lowest BCUT2D eigenvalue weighted by atomic mass is 10.0. The van der Waals surface area contributed by atoms with Crippen LogP contribution >= 0.6 is 0 Å². The van der Waals surface area contributed by atoms with Crippen LogP contribution in [0.4, 0.5) is 34.1 Å². The van der Waals surface area contributed by atoms with Crippen molar-refractivity contribution in [3.8, 4) is 11.5 Å². The molecule has 0 fully saturated rings. The number of nitro benzene ring substituents is 1. The van der Waals surface area contributed by atoms with Crippen molar-refractivity contribution in [3.05, 3.63) is 70.8 Å². The molecule has 0 bridgehead atoms. The van der Waals surface area contributed by atoms with Crippen molar-refractivity contribution in [2.75, 3.05) is 32.7 Å². The fraction of sp³-hybridized carbons (Fsp3) is 0.321. The second-order valence-corrected chi connectivity index (χ2v) is 9.03. The Labute approximate surface area is 227 Å². The number of carbonyl (C=O) groups excluding carboxylic acids is 1. The monoisotopic (exact) mass is 532 g/mol. The van der Waals surface area contributed by atoms with Gasteiger partial charge in [0.25, 0.3) is 5.69 Å². The molecule has 0 aliphatic rings. The molecule has 3 aromatic carbocycles. The van der Waals surface area contributed by atoms with Crippen LogP contribution in [0.1, 0.15) is 26.7 Å². The highest BCUT2D eigenvalue weighted by molar-refractivity contribution is 5.80. The van der Waals surface area contributed by atoms with Crippen LogP contribution in [0.5, 0.6) is 11.5 Å². The normalized spacial score (nSPS) is 11.3. The van der Waals surface area contributed by atoms with Crippen LogP contribution in [-0.2, 0) is 4.79 Å². The molecule has 0 unspecified atom stereocenters. The molecule has 39 heavy (non-hydrogen) atoms. The van der Waals surface area contributed by atoms with Crippen molar-refractivity contribution in [2.24, 2.45) is 26.4 Å². The van der Waals surface area contributed by atoms with E-state index in [-0.39, 0.29) is 17.4 Å². The van der Waals surface area contributed by atoms with Crippen LogP contribution in [-0.4, -0.2) is 38.5 Å². The van der Waals surface area contributed by atoms with Crippen LogP contribution in [0.3, 0.4) is 0 Å². The first kappa shape index (κ1) is 28.9. The lowest BCUT2D eigenvalue weighted by Crippen LogP contribution is -2.19. The predicted octanol–water partition coefficient (Wildman–Crippen LogP) is 7.88. The van der Waals surface area contributed by atoms with Crippen LogP contribution in [0.25, 0.3) is 0 Å². The fourth-order valence-electron chi connectivity index (χ4n) is 3.57. The summed E-state index contributed by atoms with van der Waals surface area (Å²) in [6.45, 7) is 4.63. The minimum atomic E-state index is -0.477. The van der Waals surface area contributed by atoms with Gasteiger partial charge in [-0.05, 0) is 42.8 Å². The van der Waals surface area contributed by atoms with Gasteiger partial charge in [0.1, 0.15) is 28.7 Å². The average molecular weight is 533 g/mol. The van der Waals surface area contributed by atoms with Crippen molar-refractivity contribution < 1.29 is 19.2 Å². The summed E-state index contributed by atoms with van der Waals surface area (Å²) in [7, 11) is 5.01. The first-order valence-electron chi connectivity index (χ1n) is 12.4. The molecule has 0 aromatic heterocycles. The van der Waals surface area contributed by atoms with E-state index in [1.165, 1.54) is 38.5 Å². The number of Topliss-reactive ketones (excluding diaryl/α,β-unsaturated/α-hetero) is 1. The Balaban J connectivity index is 1.71. The number of methoxy groups -OCH3 is 2. The van der Waals surface area contributed by atoms with Gasteiger partial charge < -0.3 is 14.4 Å². The number of rotatable bonds is 13. The summed E-state index contributed by atoms with van der Waals surface area (Å²) in [4.78, 5) is 24.3. The SMILES string of the molecule is COc1cc(/N=N/c2ccc([N+](=O)[O-])cc2)c(OC)cc1/N=N/c1ccc(N(C)CCCC(=O)C(C)C)cc1. The van der Waals surface area contributed by atoms with Crippen LogP contribution in [0.15, 0.2) is 81.1 Å². The van der Waals surface area contributed by atoms with Gasteiger partial charge in [-0.1, -0.05) is 13.8 Å². The molecular weight excluding hydrogens is 500 g/mol. The summed E-state index contributed by atoms with van der Waals surface area (Å²) in [5, 5.41) is 27.8. The average Bonchev–Trinajstić information content (AvgIpc) is 2.94. The third-order valence-electron chi connectivity index (χ3n) is 5.94. The van der Waals surface area contributed by atoms with E-state index in [4.69, 9.17) is 9.47 Å². The molecule has 11 nitrogen and oxygen atoms in total. The molecule has 0 radical (unpaired) electrons. The zero-order valence-corrected chi connectivity index (χ0v) is 22.7. The number of hydrogen-bond donors (Lipinski definition) is 0. The molecule has 0 saturated heterocycles. The maximum Gasteiger partial charge on any atom is 0.269 e. The third kappa shape index (κ3) is 8.16. The van der Waals surface area contributed by atoms with Gasteiger partial charge in [0, 0.05) is 55.9 Å². The Kier molecular flexibility index (Phi) is 10.2. The molecular formula is C28H32N6O5. The first-order chi connectivity index (χ1) is 18.7. The van der Waals surface area contributed by atoms with E-state index in [2.05, 4.69) is 25.4 Å². The van der Waals surface area contributed by atoms with Gasteiger partial charge in [-0.2, -0.15) is 10.2 Å². The highest BCUT2D eigenvalue weighted by atomic mass is 16.6. The quantitative estimate of drug-likeness (QED) is 0.125. The minimum Gasteiger partial charge on any atom is -0.494 e. The zero-order chi connectivity index (χ0) is 28.4. The molecule has 0 saturated carbocycles. The van der Waals surface area contributed by atoms with Crippen LogP contribution in [0, 0.1) is 16.0 Å². The topological polar surface area (TPSA) is 131 Å². The number of nitrogens with zero attached hydrogens (tertiary/aromatic N) is 6. The molecule has 0 amide bonds. The summed E-state index contributed by atoms with van der Waals surface area (Å²) >= 11 is 0. The zero-order valence-electron chi connectivity index (χ0n) is 22.7. The largest absolute Gasteiger partial charge is 0.494 e. The highest BCUT2D eigenvalue weighted by Crippen LogP contribution is 2.41. The molecule has 11 heteroatoms. The second-order valence-electron chi connectivity index (χ2n) is 9.03.